The molecule has 0 amide bonds. The van der Waals surface area contributed by atoms with Crippen molar-refractivity contribution in [3.05, 3.63) is 58.6 Å². The summed E-state index contributed by atoms with van der Waals surface area (Å²) in [5.41, 5.74) is 0.431. The molecule has 0 saturated heterocycles. The Bertz CT molecular complexity index is 951. The van der Waals surface area contributed by atoms with Crippen LogP contribution in [-0.4, -0.2) is 37.6 Å². The topological polar surface area (TPSA) is 80.8 Å². The fourth-order valence-corrected chi connectivity index (χ4v) is 4.13. The molecule has 2 rings (SSSR count). The van der Waals surface area contributed by atoms with Gasteiger partial charge in [-0.2, -0.15) is 4.31 Å². The largest absolute Gasteiger partial charge is 0.423 e. The summed E-state index contributed by atoms with van der Waals surface area (Å²) in [6, 6.07) is 9.96. The van der Waals surface area contributed by atoms with E-state index < -0.39 is 16.0 Å². The van der Waals surface area contributed by atoms with Crippen LogP contribution < -0.4 is 4.74 Å². The van der Waals surface area contributed by atoms with Gasteiger partial charge < -0.3 is 4.74 Å². The fraction of sp³-hybridized carbons (Fsp3) is 0.263. The third-order valence-electron chi connectivity index (χ3n) is 3.97. The highest BCUT2D eigenvalue weighted by Crippen LogP contribution is 2.24. The Morgan fingerprint density at radius 3 is 2.15 bits per heavy atom. The summed E-state index contributed by atoms with van der Waals surface area (Å²) in [6.45, 7) is 5.52. The number of carbonyl (C=O) groups excluding carboxylic acids is 2. The number of nitrogens with zero attached hydrogens (tertiary/aromatic N) is 1. The smallest absolute Gasteiger partial charge is 0.345 e. The Morgan fingerprint density at radius 1 is 1.04 bits per heavy atom. The van der Waals surface area contributed by atoms with Crippen molar-refractivity contribution in [1.29, 1.82) is 0 Å². The molecular formula is C19H20ClNO5S. The molecule has 0 heterocycles. The standard InChI is InChI=1S/C19H20ClNO5S/c1-4-21(5-2)27(24,25)16-10-11-18(20)17(12-16)19(23)26-15-8-6-14(7-9-15)13(3)22/h6-12H,4-5H2,1-3H3. The Kier molecular flexibility index (Phi) is 6.75. The number of benzene rings is 2. The van der Waals surface area contributed by atoms with Gasteiger partial charge in [-0.05, 0) is 49.4 Å². The van der Waals surface area contributed by atoms with Gasteiger partial charge in [0.2, 0.25) is 10.0 Å². The second kappa shape index (κ2) is 8.65. The summed E-state index contributed by atoms with van der Waals surface area (Å²) < 4.78 is 31.8. The first-order valence-corrected chi connectivity index (χ1v) is 10.1. The first-order valence-electron chi connectivity index (χ1n) is 8.33. The summed E-state index contributed by atoms with van der Waals surface area (Å²) >= 11 is 6.07. The molecule has 0 radical (unpaired) electrons. The molecule has 2 aromatic carbocycles. The molecule has 0 saturated carbocycles. The number of ketones is 1. The Morgan fingerprint density at radius 2 is 1.63 bits per heavy atom. The Hall–Kier alpha value is -2.22. The Labute approximate surface area is 163 Å². The van der Waals surface area contributed by atoms with E-state index >= 15 is 0 Å². The first kappa shape index (κ1) is 21.1. The number of Topliss-reactive ketones (excluding diaryl/α,β-unsaturated/α-hetero) is 1. The summed E-state index contributed by atoms with van der Waals surface area (Å²) in [7, 11) is -3.73. The monoisotopic (exact) mass is 409 g/mol. The number of ether oxygens (including phenoxy) is 1. The van der Waals surface area contributed by atoms with Crippen LogP contribution in [0.4, 0.5) is 0 Å². The van der Waals surface area contributed by atoms with Crippen LogP contribution in [0.15, 0.2) is 47.4 Å². The molecule has 0 spiro atoms. The molecular weight excluding hydrogens is 390 g/mol. The van der Waals surface area contributed by atoms with Crippen molar-refractivity contribution in [2.75, 3.05) is 13.1 Å². The quantitative estimate of drug-likeness (QED) is 0.395. The normalized spacial score (nSPS) is 11.4. The van der Waals surface area contributed by atoms with E-state index in [0.29, 0.717) is 18.7 Å². The molecule has 0 N–H and O–H groups in total. The van der Waals surface area contributed by atoms with Crippen LogP contribution in [-0.2, 0) is 10.0 Å². The molecule has 0 fully saturated rings. The third kappa shape index (κ3) is 4.74. The maximum Gasteiger partial charge on any atom is 0.345 e. The lowest BCUT2D eigenvalue weighted by molar-refractivity contribution is 0.0734. The summed E-state index contributed by atoms with van der Waals surface area (Å²) in [5.74, 6) is -0.671. The van der Waals surface area contributed by atoms with E-state index in [2.05, 4.69) is 0 Å². The highest BCUT2D eigenvalue weighted by atomic mass is 35.5. The van der Waals surface area contributed by atoms with Crippen LogP contribution in [0.1, 0.15) is 41.5 Å². The molecule has 27 heavy (non-hydrogen) atoms. The van der Waals surface area contributed by atoms with Gasteiger partial charge in [-0.3, -0.25) is 4.79 Å². The van der Waals surface area contributed by atoms with E-state index in [-0.39, 0.29) is 27.0 Å². The van der Waals surface area contributed by atoms with Crippen molar-refractivity contribution < 1.29 is 22.7 Å². The molecule has 8 heteroatoms. The minimum atomic E-state index is -3.73. The number of esters is 1. The average Bonchev–Trinajstić information content (AvgIpc) is 2.63. The summed E-state index contributed by atoms with van der Waals surface area (Å²) in [5, 5.41) is 0.0823. The van der Waals surface area contributed by atoms with Crippen molar-refractivity contribution >= 4 is 33.4 Å². The van der Waals surface area contributed by atoms with Gasteiger partial charge in [0.1, 0.15) is 5.75 Å². The lowest BCUT2D eigenvalue weighted by atomic mass is 10.1. The summed E-state index contributed by atoms with van der Waals surface area (Å²) in [4.78, 5) is 23.7. The molecule has 0 unspecified atom stereocenters. The molecule has 2 aromatic rings. The van der Waals surface area contributed by atoms with Crippen molar-refractivity contribution in [1.82, 2.24) is 4.31 Å². The van der Waals surface area contributed by atoms with Crippen molar-refractivity contribution in [2.24, 2.45) is 0 Å². The van der Waals surface area contributed by atoms with E-state index in [4.69, 9.17) is 16.3 Å². The van der Waals surface area contributed by atoms with Gasteiger partial charge in [0, 0.05) is 18.7 Å². The number of rotatable bonds is 7. The second-order valence-corrected chi connectivity index (χ2v) is 8.05. The highest BCUT2D eigenvalue weighted by Gasteiger charge is 2.24. The lowest BCUT2D eigenvalue weighted by Gasteiger charge is -2.19. The van der Waals surface area contributed by atoms with Crippen LogP contribution in [0.3, 0.4) is 0 Å². The number of carbonyl (C=O) groups is 2. The molecule has 6 nitrogen and oxygen atoms in total. The zero-order valence-corrected chi connectivity index (χ0v) is 16.8. The van der Waals surface area contributed by atoms with Crippen molar-refractivity contribution in [2.45, 2.75) is 25.7 Å². The van der Waals surface area contributed by atoms with Gasteiger partial charge in [0.25, 0.3) is 0 Å². The van der Waals surface area contributed by atoms with Gasteiger partial charge in [0.15, 0.2) is 5.78 Å². The van der Waals surface area contributed by atoms with Gasteiger partial charge >= 0.3 is 5.97 Å². The minimum Gasteiger partial charge on any atom is -0.423 e. The van der Waals surface area contributed by atoms with Gasteiger partial charge in [-0.25, -0.2) is 13.2 Å². The molecule has 0 aliphatic rings. The number of hydrogen-bond acceptors (Lipinski definition) is 5. The molecule has 144 valence electrons. The SMILES string of the molecule is CCN(CC)S(=O)(=O)c1ccc(Cl)c(C(=O)Oc2ccc(C(C)=O)cc2)c1. The zero-order chi connectivity index (χ0) is 20.2. The predicted molar refractivity (Wildman–Crippen MR) is 103 cm³/mol. The van der Waals surface area contributed by atoms with Crippen LogP contribution in [0.2, 0.25) is 5.02 Å². The minimum absolute atomic E-state index is 0.0329. The molecule has 0 bridgehead atoms. The van der Waals surface area contributed by atoms with Gasteiger partial charge in [-0.1, -0.05) is 25.4 Å². The van der Waals surface area contributed by atoms with Crippen LogP contribution in [0.5, 0.6) is 5.75 Å². The first-order chi connectivity index (χ1) is 12.7. The lowest BCUT2D eigenvalue weighted by Crippen LogP contribution is -2.30. The highest BCUT2D eigenvalue weighted by molar-refractivity contribution is 7.89. The van der Waals surface area contributed by atoms with E-state index in [1.165, 1.54) is 53.7 Å². The van der Waals surface area contributed by atoms with Crippen molar-refractivity contribution in [3.8, 4) is 5.75 Å². The van der Waals surface area contributed by atoms with E-state index in [0.717, 1.165) is 0 Å². The van der Waals surface area contributed by atoms with Crippen LogP contribution >= 0.6 is 11.6 Å². The maximum atomic E-state index is 12.6. The predicted octanol–water partition coefficient (Wildman–Crippen LogP) is 3.79. The number of sulfonamides is 1. The fourth-order valence-electron chi connectivity index (χ4n) is 2.45. The van der Waals surface area contributed by atoms with Crippen LogP contribution in [0, 0.1) is 0 Å². The molecule has 0 aromatic heterocycles. The van der Waals surface area contributed by atoms with E-state index in [9.17, 15) is 18.0 Å². The van der Waals surface area contributed by atoms with Crippen LogP contribution in [0.25, 0.3) is 0 Å². The third-order valence-corrected chi connectivity index (χ3v) is 6.35. The summed E-state index contributed by atoms with van der Waals surface area (Å²) in [6.07, 6.45) is 0. The van der Waals surface area contributed by atoms with Crippen molar-refractivity contribution in [3.63, 3.8) is 0 Å². The molecule has 0 atom stereocenters. The number of hydrogen-bond donors (Lipinski definition) is 0. The van der Waals surface area contributed by atoms with Gasteiger partial charge in [-0.15, -0.1) is 0 Å². The van der Waals surface area contributed by atoms with E-state index in [1.807, 2.05) is 0 Å². The maximum absolute atomic E-state index is 12.6. The van der Waals surface area contributed by atoms with Gasteiger partial charge in [0.05, 0.1) is 15.5 Å². The number of halogens is 1. The Balaban J connectivity index is 2.32. The molecule has 0 aliphatic carbocycles. The second-order valence-electron chi connectivity index (χ2n) is 5.70. The average molecular weight is 410 g/mol. The zero-order valence-electron chi connectivity index (χ0n) is 15.2. The van der Waals surface area contributed by atoms with E-state index in [1.54, 1.807) is 13.8 Å². The molecule has 0 aliphatic heterocycles.